The molecule has 1 aromatic rings. The second-order valence-corrected chi connectivity index (χ2v) is 5.71. The highest BCUT2D eigenvalue weighted by Gasteiger charge is 2.31. The maximum Gasteiger partial charge on any atom is 0.126 e. The van der Waals surface area contributed by atoms with Gasteiger partial charge in [0.2, 0.25) is 0 Å². The first-order valence-electron chi connectivity index (χ1n) is 7.31. The number of hydrogen-bond acceptors (Lipinski definition) is 1. The second kappa shape index (κ2) is 6.47. The maximum absolute atomic E-state index is 13.4. The molecule has 0 amide bonds. The van der Waals surface area contributed by atoms with Gasteiger partial charge in [-0.2, -0.15) is 0 Å². The van der Waals surface area contributed by atoms with E-state index in [-0.39, 0.29) is 6.04 Å². The SMILES string of the molecule is CCCNC(c1cc(F)cc(F)c1)C1CCCC1C. The fraction of sp³-hybridized carbons (Fsp3) is 0.625. The molecule has 0 radical (unpaired) electrons. The second-order valence-electron chi connectivity index (χ2n) is 5.71. The van der Waals surface area contributed by atoms with Crippen molar-refractivity contribution in [1.29, 1.82) is 0 Å². The van der Waals surface area contributed by atoms with Crippen LogP contribution in [0, 0.1) is 23.5 Å². The van der Waals surface area contributed by atoms with Crippen LogP contribution in [0.5, 0.6) is 0 Å². The fourth-order valence-corrected chi connectivity index (χ4v) is 3.24. The monoisotopic (exact) mass is 267 g/mol. The molecule has 106 valence electrons. The van der Waals surface area contributed by atoms with Gasteiger partial charge in [-0.05, 0) is 48.9 Å². The molecule has 1 aliphatic carbocycles. The lowest BCUT2D eigenvalue weighted by Crippen LogP contribution is -2.30. The molecule has 19 heavy (non-hydrogen) atoms. The summed E-state index contributed by atoms with van der Waals surface area (Å²) in [6.45, 7) is 5.23. The van der Waals surface area contributed by atoms with Crippen LogP contribution in [0.15, 0.2) is 18.2 Å². The van der Waals surface area contributed by atoms with Gasteiger partial charge in [0.15, 0.2) is 0 Å². The molecule has 0 bridgehead atoms. The quantitative estimate of drug-likeness (QED) is 0.831. The van der Waals surface area contributed by atoms with Gasteiger partial charge in [0.05, 0.1) is 0 Å². The Balaban J connectivity index is 2.25. The lowest BCUT2D eigenvalue weighted by Gasteiger charge is -2.28. The van der Waals surface area contributed by atoms with Gasteiger partial charge in [0, 0.05) is 12.1 Å². The van der Waals surface area contributed by atoms with Crippen LogP contribution in [0.4, 0.5) is 8.78 Å². The smallest absolute Gasteiger partial charge is 0.126 e. The molecule has 0 aromatic heterocycles. The third-order valence-electron chi connectivity index (χ3n) is 4.21. The van der Waals surface area contributed by atoms with E-state index in [0.717, 1.165) is 31.0 Å². The Morgan fingerprint density at radius 2 is 1.89 bits per heavy atom. The topological polar surface area (TPSA) is 12.0 Å². The van der Waals surface area contributed by atoms with Crippen LogP contribution >= 0.6 is 0 Å². The van der Waals surface area contributed by atoms with E-state index < -0.39 is 11.6 Å². The highest BCUT2D eigenvalue weighted by molar-refractivity contribution is 5.22. The van der Waals surface area contributed by atoms with Gasteiger partial charge >= 0.3 is 0 Å². The standard InChI is InChI=1S/C16H23F2N/c1-3-7-19-16(15-6-4-5-11(15)2)12-8-13(17)10-14(18)9-12/h8-11,15-16,19H,3-7H2,1-2H3. The van der Waals surface area contributed by atoms with Crippen LogP contribution in [-0.2, 0) is 0 Å². The summed E-state index contributed by atoms with van der Waals surface area (Å²) >= 11 is 0. The number of hydrogen-bond donors (Lipinski definition) is 1. The van der Waals surface area contributed by atoms with Crippen molar-refractivity contribution in [3.05, 3.63) is 35.4 Å². The van der Waals surface area contributed by atoms with E-state index in [4.69, 9.17) is 0 Å². The zero-order valence-electron chi connectivity index (χ0n) is 11.8. The summed E-state index contributed by atoms with van der Waals surface area (Å²) in [5.74, 6) is 0.126. The number of nitrogens with one attached hydrogen (secondary N) is 1. The van der Waals surface area contributed by atoms with E-state index >= 15 is 0 Å². The van der Waals surface area contributed by atoms with Crippen LogP contribution in [0.25, 0.3) is 0 Å². The third kappa shape index (κ3) is 3.53. The van der Waals surface area contributed by atoms with E-state index in [1.165, 1.54) is 25.0 Å². The molecule has 0 saturated heterocycles. The van der Waals surface area contributed by atoms with Crippen molar-refractivity contribution in [2.24, 2.45) is 11.8 Å². The number of rotatable bonds is 5. The zero-order chi connectivity index (χ0) is 13.8. The van der Waals surface area contributed by atoms with E-state index in [2.05, 4.69) is 19.2 Å². The van der Waals surface area contributed by atoms with Crippen molar-refractivity contribution in [1.82, 2.24) is 5.32 Å². The highest BCUT2D eigenvalue weighted by atomic mass is 19.1. The van der Waals surface area contributed by atoms with Gasteiger partial charge in [-0.1, -0.05) is 26.7 Å². The number of benzene rings is 1. The van der Waals surface area contributed by atoms with Crippen molar-refractivity contribution in [3.63, 3.8) is 0 Å². The van der Waals surface area contributed by atoms with Crippen LogP contribution in [-0.4, -0.2) is 6.54 Å². The zero-order valence-corrected chi connectivity index (χ0v) is 11.8. The Morgan fingerprint density at radius 1 is 1.21 bits per heavy atom. The van der Waals surface area contributed by atoms with Gasteiger partial charge in [0.1, 0.15) is 11.6 Å². The van der Waals surface area contributed by atoms with Crippen molar-refractivity contribution in [2.45, 2.75) is 45.6 Å². The van der Waals surface area contributed by atoms with Crippen LogP contribution in [0.3, 0.4) is 0 Å². The summed E-state index contributed by atoms with van der Waals surface area (Å²) in [6, 6.07) is 3.96. The van der Waals surface area contributed by atoms with Gasteiger partial charge in [0.25, 0.3) is 0 Å². The van der Waals surface area contributed by atoms with E-state index in [1.54, 1.807) is 0 Å². The van der Waals surface area contributed by atoms with E-state index in [0.29, 0.717) is 11.8 Å². The van der Waals surface area contributed by atoms with Gasteiger partial charge in [-0.15, -0.1) is 0 Å². The summed E-state index contributed by atoms with van der Waals surface area (Å²) < 4.78 is 26.9. The summed E-state index contributed by atoms with van der Waals surface area (Å²) in [5.41, 5.74) is 0.754. The molecule has 0 heterocycles. The minimum Gasteiger partial charge on any atom is -0.310 e. The summed E-state index contributed by atoms with van der Waals surface area (Å²) in [7, 11) is 0. The van der Waals surface area contributed by atoms with Crippen LogP contribution in [0.2, 0.25) is 0 Å². The summed E-state index contributed by atoms with van der Waals surface area (Å²) in [6.07, 6.45) is 4.59. The Bertz CT molecular complexity index is 399. The molecular weight excluding hydrogens is 244 g/mol. The molecule has 1 N–H and O–H groups in total. The van der Waals surface area contributed by atoms with Crippen molar-refractivity contribution < 1.29 is 8.78 Å². The Kier molecular flexibility index (Phi) is 4.92. The predicted octanol–water partition coefficient (Wildman–Crippen LogP) is 4.44. The maximum atomic E-state index is 13.4. The lowest BCUT2D eigenvalue weighted by molar-refractivity contribution is 0.300. The van der Waals surface area contributed by atoms with E-state index in [1.807, 2.05) is 0 Å². The minimum absolute atomic E-state index is 0.0719. The van der Waals surface area contributed by atoms with Gasteiger partial charge < -0.3 is 5.32 Å². The van der Waals surface area contributed by atoms with E-state index in [9.17, 15) is 8.78 Å². The molecule has 0 spiro atoms. The normalized spacial score (nSPS) is 24.6. The van der Waals surface area contributed by atoms with Crippen LogP contribution < -0.4 is 5.32 Å². The molecule has 3 unspecified atom stereocenters. The first-order valence-corrected chi connectivity index (χ1v) is 7.31. The molecule has 0 aliphatic heterocycles. The average Bonchev–Trinajstić information content (AvgIpc) is 2.75. The largest absolute Gasteiger partial charge is 0.310 e. The molecule has 1 aliphatic rings. The Morgan fingerprint density at radius 3 is 2.42 bits per heavy atom. The summed E-state index contributed by atoms with van der Waals surface area (Å²) in [5, 5.41) is 3.48. The molecule has 1 saturated carbocycles. The first kappa shape index (κ1) is 14.4. The predicted molar refractivity (Wildman–Crippen MR) is 73.9 cm³/mol. The molecule has 3 atom stereocenters. The molecule has 1 aromatic carbocycles. The lowest BCUT2D eigenvalue weighted by atomic mass is 9.85. The molecular formula is C16H23F2N. The van der Waals surface area contributed by atoms with Gasteiger partial charge in [-0.3, -0.25) is 0 Å². The van der Waals surface area contributed by atoms with Crippen molar-refractivity contribution in [2.75, 3.05) is 6.54 Å². The molecule has 2 rings (SSSR count). The molecule has 3 heteroatoms. The number of halogens is 2. The van der Waals surface area contributed by atoms with Crippen molar-refractivity contribution in [3.8, 4) is 0 Å². The fourth-order valence-electron chi connectivity index (χ4n) is 3.24. The van der Waals surface area contributed by atoms with Gasteiger partial charge in [-0.25, -0.2) is 8.78 Å². The minimum atomic E-state index is -0.482. The first-order chi connectivity index (χ1) is 9.11. The Hall–Kier alpha value is -0.960. The molecule has 1 fully saturated rings. The molecule has 1 nitrogen and oxygen atoms in total. The van der Waals surface area contributed by atoms with Crippen LogP contribution in [0.1, 0.15) is 51.1 Å². The third-order valence-corrected chi connectivity index (χ3v) is 4.21. The summed E-state index contributed by atoms with van der Waals surface area (Å²) in [4.78, 5) is 0. The highest BCUT2D eigenvalue weighted by Crippen LogP contribution is 2.40. The average molecular weight is 267 g/mol. The Labute approximate surface area is 114 Å². The van der Waals surface area contributed by atoms with Crippen molar-refractivity contribution >= 4 is 0 Å².